The van der Waals surface area contributed by atoms with Gasteiger partial charge in [-0.1, -0.05) is 13.8 Å². The summed E-state index contributed by atoms with van der Waals surface area (Å²) in [5.74, 6) is 0.912. The third kappa shape index (κ3) is 4.28. The predicted octanol–water partition coefficient (Wildman–Crippen LogP) is 1.79. The van der Waals surface area contributed by atoms with Gasteiger partial charge in [-0.15, -0.1) is 11.3 Å². The quantitative estimate of drug-likeness (QED) is 0.844. The summed E-state index contributed by atoms with van der Waals surface area (Å²) in [5.41, 5.74) is 0.914. The minimum atomic E-state index is 0.217. The zero-order valence-electron chi connectivity index (χ0n) is 12.1. The van der Waals surface area contributed by atoms with E-state index in [1.165, 1.54) is 0 Å². The maximum absolute atomic E-state index is 12.2. The lowest BCUT2D eigenvalue weighted by Gasteiger charge is -2.35. The minimum Gasteiger partial charge on any atom is -0.340 e. The number of piperazine rings is 1. The second-order valence-electron chi connectivity index (χ2n) is 5.61. The molecule has 1 amide bonds. The van der Waals surface area contributed by atoms with E-state index in [2.05, 4.69) is 23.7 Å². The van der Waals surface area contributed by atoms with Crippen molar-refractivity contribution in [3.05, 3.63) is 16.1 Å². The van der Waals surface area contributed by atoms with Crippen molar-refractivity contribution in [2.24, 2.45) is 5.92 Å². The van der Waals surface area contributed by atoms with Crippen molar-refractivity contribution in [1.29, 1.82) is 0 Å². The molecule has 1 aliphatic rings. The van der Waals surface area contributed by atoms with Crippen molar-refractivity contribution in [3.63, 3.8) is 0 Å². The Bertz CT molecular complexity index is 422. The van der Waals surface area contributed by atoms with Gasteiger partial charge >= 0.3 is 0 Å². The van der Waals surface area contributed by atoms with Crippen LogP contribution >= 0.6 is 11.3 Å². The lowest BCUT2D eigenvalue weighted by Crippen LogP contribution is -2.49. The number of carbonyl (C=O) groups is 1. The molecule has 2 heterocycles. The van der Waals surface area contributed by atoms with Gasteiger partial charge in [0.05, 0.1) is 17.1 Å². The monoisotopic (exact) mass is 281 g/mol. The molecule has 5 heteroatoms. The van der Waals surface area contributed by atoms with Crippen molar-refractivity contribution >= 4 is 17.2 Å². The van der Waals surface area contributed by atoms with E-state index < -0.39 is 0 Å². The Morgan fingerprint density at radius 2 is 2.05 bits per heavy atom. The predicted molar refractivity (Wildman–Crippen MR) is 78.4 cm³/mol. The topological polar surface area (TPSA) is 36.4 Å². The molecule has 0 bridgehead atoms. The van der Waals surface area contributed by atoms with Crippen LogP contribution in [0.2, 0.25) is 0 Å². The molecule has 0 aromatic carbocycles. The summed E-state index contributed by atoms with van der Waals surface area (Å²) >= 11 is 1.61. The van der Waals surface area contributed by atoms with Crippen molar-refractivity contribution in [2.45, 2.75) is 27.2 Å². The van der Waals surface area contributed by atoms with E-state index in [1.807, 2.05) is 17.2 Å². The summed E-state index contributed by atoms with van der Waals surface area (Å²) in [6.07, 6.45) is 0.453. The van der Waals surface area contributed by atoms with Crippen LogP contribution in [0.25, 0.3) is 0 Å². The van der Waals surface area contributed by atoms with Crippen LogP contribution < -0.4 is 0 Å². The molecular weight excluding hydrogens is 258 g/mol. The van der Waals surface area contributed by atoms with Crippen LogP contribution in [0.4, 0.5) is 0 Å². The number of rotatable bonds is 4. The number of thiazole rings is 1. The summed E-state index contributed by atoms with van der Waals surface area (Å²) in [6.45, 7) is 11.3. The van der Waals surface area contributed by atoms with Crippen LogP contribution in [-0.2, 0) is 11.2 Å². The van der Waals surface area contributed by atoms with Crippen molar-refractivity contribution in [3.8, 4) is 0 Å². The number of hydrogen-bond donors (Lipinski definition) is 0. The number of nitrogens with zero attached hydrogens (tertiary/aromatic N) is 3. The van der Waals surface area contributed by atoms with Gasteiger partial charge in [-0.3, -0.25) is 9.69 Å². The van der Waals surface area contributed by atoms with Crippen molar-refractivity contribution in [1.82, 2.24) is 14.8 Å². The summed E-state index contributed by atoms with van der Waals surface area (Å²) < 4.78 is 0. The Labute approximate surface area is 119 Å². The van der Waals surface area contributed by atoms with Crippen molar-refractivity contribution < 1.29 is 4.79 Å². The highest BCUT2D eigenvalue weighted by molar-refractivity contribution is 7.09. The first kappa shape index (κ1) is 14.5. The van der Waals surface area contributed by atoms with E-state index in [-0.39, 0.29) is 5.91 Å². The third-order valence-corrected chi connectivity index (χ3v) is 4.17. The highest BCUT2D eigenvalue weighted by Gasteiger charge is 2.21. The lowest BCUT2D eigenvalue weighted by molar-refractivity contribution is -0.132. The molecule has 1 saturated heterocycles. The van der Waals surface area contributed by atoms with E-state index in [0.717, 1.165) is 43.4 Å². The molecular formula is C14H23N3OS. The average molecular weight is 281 g/mol. The molecule has 1 fully saturated rings. The fraction of sp³-hybridized carbons (Fsp3) is 0.714. The van der Waals surface area contributed by atoms with E-state index in [0.29, 0.717) is 12.3 Å². The standard InChI is InChI=1S/C14H23N3OS/c1-11(2)9-16-4-6-17(7-5-16)14(18)8-13-10-19-12(3)15-13/h10-11H,4-9H2,1-3H3. The molecule has 106 valence electrons. The van der Waals surface area contributed by atoms with Crippen LogP contribution in [0.1, 0.15) is 24.5 Å². The molecule has 0 N–H and O–H groups in total. The van der Waals surface area contributed by atoms with Crippen molar-refractivity contribution in [2.75, 3.05) is 32.7 Å². The van der Waals surface area contributed by atoms with E-state index in [1.54, 1.807) is 11.3 Å². The molecule has 0 unspecified atom stereocenters. The van der Waals surface area contributed by atoms with Gasteiger partial charge in [0.1, 0.15) is 0 Å². The number of aromatic nitrogens is 1. The summed E-state index contributed by atoms with van der Waals surface area (Å²) in [7, 11) is 0. The number of hydrogen-bond acceptors (Lipinski definition) is 4. The first-order valence-corrected chi connectivity index (χ1v) is 7.83. The molecule has 0 saturated carbocycles. The molecule has 0 aliphatic carbocycles. The summed E-state index contributed by atoms with van der Waals surface area (Å²) in [6, 6.07) is 0. The smallest absolute Gasteiger partial charge is 0.228 e. The number of carbonyl (C=O) groups excluding carboxylic acids is 1. The Morgan fingerprint density at radius 1 is 1.37 bits per heavy atom. The first-order chi connectivity index (χ1) is 9.04. The molecule has 0 radical (unpaired) electrons. The van der Waals surface area contributed by atoms with Crippen LogP contribution in [0, 0.1) is 12.8 Å². The van der Waals surface area contributed by atoms with E-state index in [9.17, 15) is 4.79 Å². The fourth-order valence-electron chi connectivity index (χ4n) is 2.45. The highest BCUT2D eigenvalue weighted by Crippen LogP contribution is 2.11. The van der Waals surface area contributed by atoms with Gasteiger partial charge in [0.15, 0.2) is 0 Å². The molecule has 1 aromatic heterocycles. The summed E-state index contributed by atoms with van der Waals surface area (Å²) in [5, 5.41) is 3.02. The second-order valence-corrected chi connectivity index (χ2v) is 6.67. The van der Waals surface area contributed by atoms with Gasteiger partial charge in [0.2, 0.25) is 5.91 Å². The average Bonchev–Trinajstić information content (AvgIpc) is 2.75. The number of aryl methyl sites for hydroxylation is 1. The largest absolute Gasteiger partial charge is 0.340 e. The fourth-order valence-corrected chi connectivity index (χ4v) is 3.07. The molecule has 2 rings (SSSR count). The van der Waals surface area contributed by atoms with E-state index in [4.69, 9.17) is 0 Å². The molecule has 4 nitrogen and oxygen atoms in total. The Kier molecular flexibility index (Phi) is 4.93. The van der Waals surface area contributed by atoms with Crippen LogP contribution in [-0.4, -0.2) is 53.4 Å². The van der Waals surface area contributed by atoms with Gasteiger partial charge in [-0.05, 0) is 12.8 Å². The zero-order chi connectivity index (χ0) is 13.8. The Hall–Kier alpha value is -0.940. The summed E-state index contributed by atoms with van der Waals surface area (Å²) in [4.78, 5) is 21.0. The van der Waals surface area contributed by atoms with Gasteiger partial charge < -0.3 is 4.90 Å². The first-order valence-electron chi connectivity index (χ1n) is 6.95. The molecule has 0 spiro atoms. The zero-order valence-corrected chi connectivity index (χ0v) is 12.9. The highest BCUT2D eigenvalue weighted by atomic mass is 32.1. The maximum Gasteiger partial charge on any atom is 0.228 e. The van der Waals surface area contributed by atoms with Crippen LogP contribution in [0.3, 0.4) is 0 Å². The van der Waals surface area contributed by atoms with Crippen LogP contribution in [0.15, 0.2) is 5.38 Å². The van der Waals surface area contributed by atoms with Gasteiger partial charge in [-0.25, -0.2) is 4.98 Å². The van der Waals surface area contributed by atoms with E-state index >= 15 is 0 Å². The number of amides is 1. The van der Waals surface area contributed by atoms with Crippen LogP contribution in [0.5, 0.6) is 0 Å². The van der Waals surface area contributed by atoms with Gasteiger partial charge in [-0.2, -0.15) is 0 Å². The SMILES string of the molecule is Cc1nc(CC(=O)N2CCN(CC(C)C)CC2)cs1. The normalized spacial score (nSPS) is 17.2. The Morgan fingerprint density at radius 3 is 2.58 bits per heavy atom. The molecule has 0 atom stereocenters. The van der Waals surface area contributed by atoms with Gasteiger partial charge in [0.25, 0.3) is 0 Å². The molecule has 19 heavy (non-hydrogen) atoms. The lowest BCUT2D eigenvalue weighted by atomic mass is 10.2. The molecule has 1 aromatic rings. The Balaban J connectivity index is 1.79. The maximum atomic E-state index is 12.2. The second kappa shape index (κ2) is 6.48. The third-order valence-electron chi connectivity index (χ3n) is 3.35. The minimum absolute atomic E-state index is 0.217. The van der Waals surface area contributed by atoms with Gasteiger partial charge in [0, 0.05) is 38.1 Å². The molecule has 1 aliphatic heterocycles.